The minimum atomic E-state index is -0.800. The first-order chi connectivity index (χ1) is 13.1. The highest BCUT2D eigenvalue weighted by atomic mass is 19.1. The van der Waals surface area contributed by atoms with Crippen molar-refractivity contribution in [3.8, 4) is 0 Å². The van der Waals surface area contributed by atoms with E-state index in [-0.39, 0.29) is 23.2 Å². The Morgan fingerprint density at radius 3 is 2.32 bits per heavy atom. The van der Waals surface area contributed by atoms with E-state index in [2.05, 4.69) is 15.8 Å². The van der Waals surface area contributed by atoms with Crippen LogP contribution in [-0.2, 0) is 21.4 Å². The average molecular weight is 393 g/mol. The van der Waals surface area contributed by atoms with Gasteiger partial charge in [0.05, 0.1) is 6.42 Å². The Hall–Kier alpha value is -2.77. The second-order valence-electron chi connectivity index (χ2n) is 7.68. The van der Waals surface area contributed by atoms with E-state index in [4.69, 9.17) is 4.52 Å². The van der Waals surface area contributed by atoms with Crippen LogP contribution in [0.2, 0.25) is 0 Å². The minimum Gasteiger partial charge on any atom is -0.359 e. The Morgan fingerprint density at radius 1 is 1.14 bits per heavy atom. The van der Waals surface area contributed by atoms with Crippen molar-refractivity contribution in [2.75, 3.05) is 5.32 Å². The maximum atomic E-state index is 13.3. The Labute approximate surface area is 162 Å². The fourth-order valence-corrected chi connectivity index (χ4v) is 2.60. The highest BCUT2D eigenvalue weighted by molar-refractivity contribution is 5.96. The smallest absolute Gasteiger partial charge is 0.248 e. The number of halogens is 2. The van der Waals surface area contributed by atoms with Gasteiger partial charge in [-0.15, -0.1) is 0 Å². The van der Waals surface area contributed by atoms with E-state index in [0.717, 1.165) is 18.2 Å². The van der Waals surface area contributed by atoms with E-state index in [1.165, 1.54) is 0 Å². The number of hydrogen-bond donors (Lipinski definition) is 2. The highest BCUT2D eigenvalue weighted by Gasteiger charge is 2.24. The summed E-state index contributed by atoms with van der Waals surface area (Å²) < 4.78 is 31.8. The van der Waals surface area contributed by atoms with Crippen molar-refractivity contribution in [3.63, 3.8) is 0 Å². The zero-order valence-corrected chi connectivity index (χ0v) is 16.4. The molecule has 0 spiro atoms. The van der Waals surface area contributed by atoms with Gasteiger partial charge in [-0.1, -0.05) is 39.3 Å². The van der Waals surface area contributed by atoms with Crippen LogP contribution in [0.3, 0.4) is 0 Å². The number of aromatic nitrogens is 1. The summed E-state index contributed by atoms with van der Waals surface area (Å²) in [7, 11) is 0. The lowest BCUT2D eigenvalue weighted by molar-refractivity contribution is -0.126. The predicted molar refractivity (Wildman–Crippen MR) is 101 cm³/mol. The fraction of sp³-hybridized carbons (Fsp3) is 0.450. The molecule has 0 aliphatic heterocycles. The van der Waals surface area contributed by atoms with Gasteiger partial charge in [0.15, 0.2) is 5.82 Å². The van der Waals surface area contributed by atoms with Gasteiger partial charge in [-0.2, -0.15) is 0 Å². The summed E-state index contributed by atoms with van der Waals surface area (Å²) in [4.78, 5) is 24.8. The summed E-state index contributed by atoms with van der Waals surface area (Å²) in [6.45, 7) is 7.74. The highest BCUT2D eigenvalue weighted by Crippen LogP contribution is 2.24. The molecular weight excluding hydrogens is 368 g/mol. The van der Waals surface area contributed by atoms with Gasteiger partial charge in [-0.05, 0) is 24.1 Å². The summed E-state index contributed by atoms with van der Waals surface area (Å²) in [6.07, 6.45) is 0.818. The van der Waals surface area contributed by atoms with Crippen molar-refractivity contribution in [2.24, 2.45) is 0 Å². The lowest BCUT2D eigenvalue weighted by atomic mass is 9.93. The molecule has 1 aromatic carbocycles. The quantitative estimate of drug-likeness (QED) is 0.751. The number of benzene rings is 1. The van der Waals surface area contributed by atoms with E-state index < -0.39 is 29.5 Å². The lowest BCUT2D eigenvalue weighted by Gasteiger charge is -2.17. The lowest BCUT2D eigenvalue weighted by Crippen LogP contribution is -2.44. The number of amides is 2. The van der Waals surface area contributed by atoms with Crippen LogP contribution in [-0.4, -0.2) is 23.0 Å². The number of carbonyl (C=O) groups excluding carboxylic acids is 2. The number of nitrogens with zero attached hydrogens (tertiary/aromatic N) is 1. The second-order valence-corrected chi connectivity index (χ2v) is 7.68. The molecule has 1 atom stereocenters. The zero-order chi connectivity index (χ0) is 20.9. The van der Waals surface area contributed by atoms with Crippen molar-refractivity contribution in [1.29, 1.82) is 0 Å². The molecule has 1 heterocycles. The van der Waals surface area contributed by atoms with Gasteiger partial charge < -0.3 is 15.2 Å². The molecule has 0 saturated carbocycles. The first kappa shape index (κ1) is 21.5. The number of nitrogens with one attached hydrogen (secondary N) is 2. The zero-order valence-electron chi connectivity index (χ0n) is 16.4. The van der Waals surface area contributed by atoms with Crippen LogP contribution in [0, 0.1) is 11.6 Å². The van der Waals surface area contributed by atoms with Crippen molar-refractivity contribution < 1.29 is 22.9 Å². The first-order valence-electron chi connectivity index (χ1n) is 9.11. The molecule has 152 valence electrons. The van der Waals surface area contributed by atoms with Crippen LogP contribution in [0.4, 0.5) is 14.6 Å². The molecule has 1 unspecified atom stereocenters. The second kappa shape index (κ2) is 8.95. The molecule has 0 bridgehead atoms. The Balaban J connectivity index is 2.02. The van der Waals surface area contributed by atoms with Crippen molar-refractivity contribution in [3.05, 3.63) is 47.2 Å². The Morgan fingerprint density at radius 2 is 1.79 bits per heavy atom. The number of rotatable bonds is 7. The molecule has 0 radical (unpaired) electrons. The predicted octanol–water partition coefficient (Wildman–Crippen LogP) is 3.72. The molecule has 2 aromatic rings. The average Bonchev–Trinajstić information content (AvgIpc) is 3.02. The summed E-state index contributed by atoms with van der Waals surface area (Å²) in [5.41, 5.74) is -0.0651. The summed E-state index contributed by atoms with van der Waals surface area (Å²) in [5.74, 6) is -1.58. The standard InChI is InChI=1S/C20H25F2N3O3/c1-5-6-15(19(27)24-17-11-16(28-25-17)20(2,3)4)23-18(26)9-12-7-13(21)10-14(22)8-12/h7-8,10-11,15H,5-6,9H2,1-4H3,(H,23,26)(H,24,25,27). The maximum Gasteiger partial charge on any atom is 0.248 e. The number of carbonyl (C=O) groups is 2. The van der Waals surface area contributed by atoms with Crippen LogP contribution < -0.4 is 10.6 Å². The van der Waals surface area contributed by atoms with E-state index in [0.29, 0.717) is 18.6 Å². The van der Waals surface area contributed by atoms with Crippen molar-refractivity contribution in [1.82, 2.24) is 10.5 Å². The van der Waals surface area contributed by atoms with E-state index in [1.807, 2.05) is 27.7 Å². The summed E-state index contributed by atoms with van der Waals surface area (Å²) >= 11 is 0. The SMILES string of the molecule is CCCC(NC(=O)Cc1cc(F)cc(F)c1)C(=O)Nc1cc(C(C)(C)C)on1. The first-order valence-corrected chi connectivity index (χ1v) is 9.11. The third-order valence-electron chi connectivity index (χ3n) is 4.02. The number of hydrogen-bond acceptors (Lipinski definition) is 4. The molecule has 1 aromatic heterocycles. The van der Waals surface area contributed by atoms with Crippen molar-refractivity contribution >= 4 is 17.6 Å². The molecule has 28 heavy (non-hydrogen) atoms. The third-order valence-corrected chi connectivity index (χ3v) is 4.02. The van der Waals surface area contributed by atoms with Gasteiger partial charge in [0.25, 0.3) is 0 Å². The topological polar surface area (TPSA) is 84.2 Å². The molecule has 0 saturated heterocycles. The Bertz CT molecular complexity index is 823. The van der Waals surface area contributed by atoms with Gasteiger partial charge in [-0.3, -0.25) is 9.59 Å². The van der Waals surface area contributed by atoms with E-state index >= 15 is 0 Å². The van der Waals surface area contributed by atoms with Crippen LogP contribution in [0.15, 0.2) is 28.8 Å². The van der Waals surface area contributed by atoms with E-state index in [9.17, 15) is 18.4 Å². The van der Waals surface area contributed by atoms with Crippen molar-refractivity contribution in [2.45, 2.75) is 58.4 Å². The minimum absolute atomic E-state index is 0.192. The summed E-state index contributed by atoms with van der Waals surface area (Å²) in [6, 6.07) is 3.74. The Kier molecular flexibility index (Phi) is 6.88. The number of anilines is 1. The molecule has 2 rings (SSSR count). The van der Waals surface area contributed by atoms with Gasteiger partial charge in [-0.25, -0.2) is 8.78 Å². The van der Waals surface area contributed by atoms with Crippen LogP contribution >= 0.6 is 0 Å². The van der Waals surface area contributed by atoms with Crippen LogP contribution in [0.1, 0.15) is 51.9 Å². The largest absolute Gasteiger partial charge is 0.359 e. The van der Waals surface area contributed by atoms with Crippen LogP contribution in [0.25, 0.3) is 0 Å². The van der Waals surface area contributed by atoms with Gasteiger partial charge >= 0.3 is 0 Å². The monoisotopic (exact) mass is 393 g/mol. The fourth-order valence-electron chi connectivity index (χ4n) is 2.60. The van der Waals surface area contributed by atoms with Gasteiger partial charge in [0, 0.05) is 17.5 Å². The normalized spacial score (nSPS) is 12.5. The molecule has 0 fully saturated rings. The molecule has 8 heteroatoms. The molecule has 0 aliphatic rings. The molecule has 2 N–H and O–H groups in total. The van der Waals surface area contributed by atoms with E-state index in [1.54, 1.807) is 6.07 Å². The molecular formula is C20H25F2N3O3. The third kappa shape index (κ3) is 6.14. The van der Waals surface area contributed by atoms with Gasteiger partial charge in [0.2, 0.25) is 11.8 Å². The maximum absolute atomic E-state index is 13.3. The molecule has 6 nitrogen and oxygen atoms in total. The van der Waals surface area contributed by atoms with Crippen LogP contribution in [0.5, 0.6) is 0 Å². The summed E-state index contributed by atoms with van der Waals surface area (Å²) in [5, 5.41) is 9.06. The van der Waals surface area contributed by atoms with Gasteiger partial charge in [0.1, 0.15) is 23.4 Å². The molecule has 0 aliphatic carbocycles. The molecule has 2 amide bonds.